The van der Waals surface area contributed by atoms with E-state index in [9.17, 15) is 9.59 Å². The highest BCUT2D eigenvalue weighted by Crippen LogP contribution is 2.35. The first-order valence-electron chi connectivity index (χ1n) is 6.15. The number of hydrogen-bond donors (Lipinski definition) is 2. The van der Waals surface area contributed by atoms with Crippen molar-refractivity contribution in [3.05, 3.63) is 23.4 Å². The summed E-state index contributed by atoms with van der Waals surface area (Å²) in [6, 6.07) is 0. The summed E-state index contributed by atoms with van der Waals surface area (Å²) in [5.41, 5.74) is 1.56. The summed E-state index contributed by atoms with van der Waals surface area (Å²) in [6.45, 7) is 0. The van der Waals surface area contributed by atoms with E-state index in [2.05, 4.69) is 0 Å². The van der Waals surface area contributed by atoms with Gasteiger partial charge in [-0.1, -0.05) is 0 Å². The average Bonchev–Trinajstić information content (AvgIpc) is 2.67. The van der Waals surface area contributed by atoms with Crippen LogP contribution in [-0.4, -0.2) is 28.9 Å². The third-order valence-electron chi connectivity index (χ3n) is 3.17. The van der Waals surface area contributed by atoms with Gasteiger partial charge in [0, 0.05) is 19.1 Å². The first kappa shape index (κ1) is 13.2. The van der Waals surface area contributed by atoms with Crippen LogP contribution in [0.2, 0.25) is 0 Å². The topological polar surface area (TPSA) is 94.3 Å². The van der Waals surface area contributed by atoms with Crippen molar-refractivity contribution in [1.82, 2.24) is 5.06 Å². The molecule has 19 heavy (non-hydrogen) atoms. The smallest absolute Gasteiger partial charge is 0.326 e. The number of carbonyl (C=O) groups is 2. The number of hydrogen-bond acceptors (Lipinski definition) is 5. The van der Waals surface area contributed by atoms with Crippen molar-refractivity contribution in [1.29, 1.82) is 10.8 Å². The summed E-state index contributed by atoms with van der Waals surface area (Å²) in [5.74, 6) is -1.13. The Labute approximate surface area is 110 Å². The third-order valence-corrected chi connectivity index (χ3v) is 3.17. The second-order valence-corrected chi connectivity index (χ2v) is 4.41. The standard InChI is InChI=1S/C13H15N3O3/c14-8-2-5-10(15)13(18)19-16-11(6-7-12(16)17)9-3-1-4-9/h2,5,8,14-15H,1,3-4,6-7H2/b5-2-,14-8?,15-10?. The highest BCUT2D eigenvalue weighted by Gasteiger charge is 2.33. The van der Waals surface area contributed by atoms with Crippen molar-refractivity contribution < 1.29 is 14.4 Å². The van der Waals surface area contributed by atoms with E-state index in [-0.39, 0.29) is 11.6 Å². The molecule has 6 heteroatoms. The van der Waals surface area contributed by atoms with Gasteiger partial charge in [0.05, 0.1) is 5.70 Å². The van der Waals surface area contributed by atoms with Crippen LogP contribution < -0.4 is 0 Å². The van der Waals surface area contributed by atoms with Crippen LogP contribution in [0.25, 0.3) is 0 Å². The molecular formula is C13H15N3O3. The molecule has 0 aromatic heterocycles. The molecule has 2 N–H and O–H groups in total. The van der Waals surface area contributed by atoms with E-state index in [4.69, 9.17) is 15.7 Å². The molecule has 1 amide bonds. The minimum Gasteiger partial charge on any atom is -0.326 e. The zero-order valence-electron chi connectivity index (χ0n) is 10.4. The third kappa shape index (κ3) is 2.78. The Bertz CT molecular complexity index is 499. The van der Waals surface area contributed by atoms with Gasteiger partial charge in [-0.05, 0) is 37.0 Å². The van der Waals surface area contributed by atoms with Crippen LogP contribution in [0.1, 0.15) is 32.1 Å². The molecule has 0 atom stereocenters. The molecule has 1 heterocycles. The van der Waals surface area contributed by atoms with Crippen LogP contribution in [0.15, 0.2) is 23.4 Å². The number of rotatable bonds is 4. The summed E-state index contributed by atoms with van der Waals surface area (Å²) in [6.07, 6.45) is 7.31. The van der Waals surface area contributed by atoms with Crippen LogP contribution in [0.4, 0.5) is 0 Å². The summed E-state index contributed by atoms with van der Waals surface area (Å²) in [5, 5.41) is 15.3. The summed E-state index contributed by atoms with van der Waals surface area (Å²) >= 11 is 0. The molecule has 0 aromatic rings. The molecule has 2 rings (SSSR count). The average molecular weight is 261 g/mol. The first-order chi connectivity index (χ1) is 9.13. The fourth-order valence-electron chi connectivity index (χ4n) is 1.99. The van der Waals surface area contributed by atoms with Crippen LogP contribution in [0, 0.1) is 10.8 Å². The SMILES string of the molecule is N=C/C=C\C(=N)C(=O)ON1C(=O)CCC1=C1CCC1. The van der Waals surface area contributed by atoms with Gasteiger partial charge < -0.3 is 10.2 Å². The molecule has 1 aliphatic heterocycles. The second kappa shape index (κ2) is 5.60. The first-order valence-corrected chi connectivity index (χ1v) is 6.15. The lowest BCUT2D eigenvalue weighted by Crippen LogP contribution is -2.31. The number of allylic oxidation sites excluding steroid dienone is 3. The van der Waals surface area contributed by atoms with Crippen molar-refractivity contribution >= 4 is 23.8 Å². The Morgan fingerprint density at radius 3 is 2.58 bits per heavy atom. The molecule has 1 aliphatic carbocycles. The van der Waals surface area contributed by atoms with Crippen LogP contribution in [0.3, 0.4) is 0 Å². The molecule has 2 fully saturated rings. The summed E-state index contributed by atoms with van der Waals surface area (Å²) in [7, 11) is 0. The van der Waals surface area contributed by atoms with Crippen molar-refractivity contribution in [2.45, 2.75) is 32.1 Å². The zero-order valence-corrected chi connectivity index (χ0v) is 10.4. The predicted octanol–water partition coefficient (Wildman–Crippen LogP) is 1.73. The predicted molar refractivity (Wildman–Crippen MR) is 68.7 cm³/mol. The second-order valence-electron chi connectivity index (χ2n) is 4.41. The zero-order chi connectivity index (χ0) is 13.8. The molecular weight excluding hydrogens is 246 g/mol. The van der Waals surface area contributed by atoms with Crippen molar-refractivity contribution in [2.75, 3.05) is 0 Å². The molecule has 6 nitrogen and oxygen atoms in total. The lowest BCUT2D eigenvalue weighted by atomic mass is 9.90. The lowest BCUT2D eigenvalue weighted by molar-refractivity contribution is -0.180. The summed E-state index contributed by atoms with van der Waals surface area (Å²) in [4.78, 5) is 28.3. The van der Waals surface area contributed by atoms with Crippen molar-refractivity contribution in [3.63, 3.8) is 0 Å². The van der Waals surface area contributed by atoms with Crippen molar-refractivity contribution in [2.24, 2.45) is 0 Å². The quantitative estimate of drug-likeness (QED) is 0.754. The van der Waals surface area contributed by atoms with Crippen LogP contribution >= 0.6 is 0 Å². The molecule has 0 unspecified atom stereocenters. The van der Waals surface area contributed by atoms with Gasteiger partial charge in [0.2, 0.25) is 0 Å². The highest BCUT2D eigenvalue weighted by atomic mass is 16.7. The van der Waals surface area contributed by atoms with Gasteiger partial charge >= 0.3 is 5.97 Å². The van der Waals surface area contributed by atoms with E-state index < -0.39 is 5.97 Å². The number of hydroxylamine groups is 2. The molecule has 100 valence electrons. The monoisotopic (exact) mass is 261 g/mol. The molecule has 0 bridgehead atoms. The Hall–Kier alpha value is -2.24. The maximum atomic E-state index is 11.7. The molecule has 0 radical (unpaired) electrons. The lowest BCUT2D eigenvalue weighted by Gasteiger charge is -2.24. The normalized spacial score (nSPS) is 18.7. The highest BCUT2D eigenvalue weighted by molar-refractivity contribution is 6.40. The fourth-order valence-corrected chi connectivity index (χ4v) is 1.99. The maximum absolute atomic E-state index is 11.7. The minimum atomic E-state index is -0.884. The number of carbonyl (C=O) groups excluding carboxylic acids is 2. The van der Waals surface area contributed by atoms with Gasteiger partial charge in [-0.2, -0.15) is 0 Å². The van der Waals surface area contributed by atoms with Gasteiger partial charge in [-0.3, -0.25) is 10.2 Å². The van der Waals surface area contributed by atoms with Crippen molar-refractivity contribution in [3.8, 4) is 0 Å². The Balaban J connectivity index is 2.06. The van der Waals surface area contributed by atoms with E-state index in [1.54, 1.807) is 0 Å². The van der Waals surface area contributed by atoms with Gasteiger partial charge in [0.1, 0.15) is 5.71 Å². The largest absolute Gasteiger partial charge is 0.381 e. The van der Waals surface area contributed by atoms with Gasteiger partial charge in [-0.15, -0.1) is 5.06 Å². The number of nitrogens with zero attached hydrogens (tertiary/aromatic N) is 1. The van der Waals surface area contributed by atoms with Gasteiger partial charge in [0.15, 0.2) is 0 Å². The van der Waals surface area contributed by atoms with Crippen LogP contribution in [-0.2, 0) is 14.4 Å². The van der Waals surface area contributed by atoms with E-state index in [0.29, 0.717) is 12.8 Å². The van der Waals surface area contributed by atoms with E-state index in [1.165, 1.54) is 11.6 Å². The Morgan fingerprint density at radius 2 is 2.00 bits per heavy atom. The fraction of sp³-hybridized carbons (Fsp3) is 0.385. The molecule has 0 spiro atoms. The Morgan fingerprint density at radius 1 is 1.26 bits per heavy atom. The van der Waals surface area contributed by atoms with Gasteiger partial charge in [-0.25, -0.2) is 4.79 Å². The number of amides is 1. The van der Waals surface area contributed by atoms with E-state index in [0.717, 1.165) is 42.3 Å². The molecule has 0 aromatic carbocycles. The minimum absolute atomic E-state index is 0.244. The Kier molecular flexibility index (Phi) is 3.89. The van der Waals surface area contributed by atoms with Crippen LogP contribution in [0.5, 0.6) is 0 Å². The van der Waals surface area contributed by atoms with Gasteiger partial charge in [0.25, 0.3) is 5.91 Å². The number of nitrogens with one attached hydrogen (secondary N) is 2. The molecule has 2 aliphatic rings. The summed E-state index contributed by atoms with van der Waals surface area (Å²) < 4.78 is 0. The van der Waals surface area contributed by atoms with E-state index >= 15 is 0 Å². The molecule has 1 saturated heterocycles. The molecule has 1 saturated carbocycles. The van der Waals surface area contributed by atoms with E-state index in [1.807, 2.05) is 0 Å². The maximum Gasteiger partial charge on any atom is 0.381 e.